The summed E-state index contributed by atoms with van der Waals surface area (Å²) < 4.78 is 10.8. The van der Waals surface area contributed by atoms with Crippen LogP contribution in [0.15, 0.2) is 28.8 Å². The monoisotopic (exact) mass is 392 g/mol. The topological polar surface area (TPSA) is 70.8 Å². The molecule has 8 heteroatoms. The van der Waals surface area contributed by atoms with E-state index in [4.69, 9.17) is 20.9 Å². The molecule has 1 fully saturated rings. The Labute approximate surface area is 164 Å². The number of halogens is 1. The minimum atomic E-state index is -0.143. The van der Waals surface area contributed by atoms with E-state index in [1.54, 1.807) is 23.1 Å². The van der Waals surface area contributed by atoms with Crippen LogP contribution in [-0.2, 0) is 6.54 Å². The van der Waals surface area contributed by atoms with Crippen molar-refractivity contribution in [1.82, 2.24) is 15.0 Å². The lowest BCUT2D eigenvalue weighted by Crippen LogP contribution is -2.49. The predicted octanol–water partition coefficient (Wildman–Crippen LogP) is 3.77. The van der Waals surface area contributed by atoms with Gasteiger partial charge in [-0.1, -0.05) is 23.7 Å². The lowest BCUT2D eigenvalue weighted by Gasteiger charge is -2.34. The summed E-state index contributed by atoms with van der Waals surface area (Å²) in [5.41, 5.74) is 1.52. The molecular weight excluding hydrogens is 368 g/mol. The number of aryl methyl sites for hydroxylation is 1. The molecule has 2 heterocycles. The fourth-order valence-electron chi connectivity index (χ4n) is 2.96. The second kappa shape index (κ2) is 9.10. The van der Waals surface area contributed by atoms with Gasteiger partial charge in [0.15, 0.2) is 0 Å². The molecule has 1 aromatic heterocycles. The van der Waals surface area contributed by atoms with Crippen LogP contribution >= 0.6 is 11.6 Å². The van der Waals surface area contributed by atoms with E-state index in [1.807, 2.05) is 19.9 Å². The van der Waals surface area contributed by atoms with Gasteiger partial charge < -0.3 is 19.5 Å². The van der Waals surface area contributed by atoms with E-state index >= 15 is 0 Å². The molecule has 0 bridgehead atoms. The zero-order chi connectivity index (χ0) is 19.2. The molecular formula is C19H25ClN4O3. The van der Waals surface area contributed by atoms with Crippen molar-refractivity contribution in [2.75, 3.05) is 38.1 Å². The van der Waals surface area contributed by atoms with Gasteiger partial charge in [-0.3, -0.25) is 4.90 Å². The molecule has 1 aliphatic rings. The van der Waals surface area contributed by atoms with Crippen molar-refractivity contribution in [3.63, 3.8) is 0 Å². The zero-order valence-electron chi connectivity index (χ0n) is 15.7. The van der Waals surface area contributed by atoms with Gasteiger partial charge >= 0.3 is 6.03 Å². The maximum absolute atomic E-state index is 12.6. The van der Waals surface area contributed by atoms with Crippen LogP contribution in [0, 0.1) is 6.92 Å². The second-order valence-corrected chi connectivity index (χ2v) is 7.05. The highest BCUT2D eigenvalue weighted by Gasteiger charge is 2.22. The van der Waals surface area contributed by atoms with Crippen LogP contribution in [0.3, 0.4) is 0 Å². The number of aromatic nitrogens is 1. The average molecular weight is 393 g/mol. The van der Waals surface area contributed by atoms with Crippen molar-refractivity contribution < 1.29 is 14.1 Å². The summed E-state index contributed by atoms with van der Waals surface area (Å²) in [6.07, 6.45) is 0.892. The van der Waals surface area contributed by atoms with E-state index in [2.05, 4.69) is 15.4 Å². The van der Waals surface area contributed by atoms with Crippen LogP contribution < -0.4 is 10.1 Å². The van der Waals surface area contributed by atoms with Crippen LogP contribution in [0.4, 0.5) is 10.5 Å². The molecule has 7 nitrogen and oxygen atoms in total. The van der Waals surface area contributed by atoms with E-state index in [1.165, 1.54) is 0 Å². The number of urea groups is 1. The molecule has 0 saturated carbocycles. The highest BCUT2D eigenvalue weighted by Crippen LogP contribution is 2.28. The molecule has 0 spiro atoms. The number of piperazine rings is 1. The van der Waals surface area contributed by atoms with Gasteiger partial charge in [0.05, 0.1) is 18.0 Å². The van der Waals surface area contributed by atoms with Crippen LogP contribution in [0.5, 0.6) is 5.75 Å². The van der Waals surface area contributed by atoms with E-state index < -0.39 is 0 Å². The Morgan fingerprint density at radius 2 is 2.07 bits per heavy atom. The first-order chi connectivity index (χ1) is 13.0. The smallest absolute Gasteiger partial charge is 0.322 e. The van der Waals surface area contributed by atoms with E-state index in [9.17, 15) is 4.79 Å². The second-order valence-electron chi connectivity index (χ2n) is 6.61. The number of carbonyl (C=O) groups is 1. The van der Waals surface area contributed by atoms with Crippen molar-refractivity contribution in [2.24, 2.45) is 0 Å². The summed E-state index contributed by atoms with van der Waals surface area (Å²) in [5.74, 6) is 1.44. The van der Waals surface area contributed by atoms with Gasteiger partial charge in [0.25, 0.3) is 0 Å². The molecule has 1 aromatic carbocycles. The predicted molar refractivity (Wildman–Crippen MR) is 104 cm³/mol. The Morgan fingerprint density at radius 1 is 1.30 bits per heavy atom. The Hall–Kier alpha value is -2.25. The summed E-state index contributed by atoms with van der Waals surface area (Å²) in [6, 6.07) is 7.05. The number of benzene rings is 1. The van der Waals surface area contributed by atoms with Crippen LogP contribution in [0.1, 0.15) is 24.8 Å². The largest absolute Gasteiger partial charge is 0.491 e. The average Bonchev–Trinajstić information content (AvgIpc) is 3.06. The van der Waals surface area contributed by atoms with E-state index in [-0.39, 0.29) is 6.03 Å². The normalized spacial score (nSPS) is 15.0. The van der Waals surface area contributed by atoms with Crippen molar-refractivity contribution in [3.8, 4) is 5.75 Å². The summed E-state index contributed by atoms with van der Waals surface area (Å²) in [7, 11) is 0. The molecule has 2 aromatic rings. The molecule has 1 N–H and O–H groups in total. The highest BCUT2D eigenvalue weighted by molar-refractivity contribution is 6.31. The van der Waals surface area contributed by atoms with Crippen LogP contribution in [0.2, 0.25) is 5.02 Å². The zero-order valence-corrected chi connectivity index (χ0v) is 16.5. The first-order valence-electron chi connectivity index (χ1n) is 9.18. The molecule has 1 saturated heterocycles. The third kappa shape index (κ3) is 5.37. The molecule has 146 valence electrons. The van der Waals surface area contributed by atoms with Gasteiger partial charge in [-0.05, 0) is 31.5 Å². The Balaban J connectivity index is 1.54. The highest BCUT2D eigenvalue weighted by atomic mass is 35.5. The molecule has 3 rings (SSSR count). The van der Waals surface area contributed by atoms with Crippen LogP contribution in [-0.4, -0.2) is 53.8 Å². The summed E-state index contributed by atoms with van der Waals surface area (Å²) in [6.45, 7) is 8.10. The van der Waals surface area contributed by atoms with Crippen molar-refractivity contribution in [2.45, 2.75) is 26.8 Å². The van der Waals surface area contributed by atoms with E-state index in [0.717, 1.165) is 37.5 Å². The lowest BCUT2D eigenvalue weighted by molar-refractivity contribution is 0.141. The van der Waals surface area contributed by atoms with Gasteiger partial charge in [-0.2, -0.15) is 0 Å². The van der Waals surface area contributed by atoms with Gasteiger partial charge in [0.2, 0.25) is 0 Å². The standard InChI is InChI=1S/C19H25ClN4O3/c1-3-10-26-18-5-4-15(20)12-17(18)21-19(25)24-8-6-23(7-9-24)13-16-11-14(2)27-22-16/h4-5,11-12H,3,6-10,13H2,1-2H3,(H,21,25). The molecule has 0 aliphatic carbocycles. The molecule has 1 aliphatic heterocycles. The minimum absolute atomic E-state index is 0.143. The quantitative estimate of drug-likeness (QED) is 0.810. The molecule has 0 unspecified atom stereocenters. The molecule has 0 radical (unpaired) electrons. The first-order valence-corrected chi connectivity index (χ1v) is 9.55. The number of ether oxygens (including phenoxy) is 1. The Kier molecular flexibility index (Phi) is 6.58. The number of amides is 2. The number of carbonyl (C=O) groups excluding carboxylic acids is 1. The van der Waals surface area contributed by atoms with Crippen molar-refractivity contribution in [1.29, 1.82) is 0 Å². The number of nitrogens with zero attached hydrogens (tertiary/aromatic N) is 3. The van der Waals surface area contributed by atoms with Gasteiger partial charge in [-0.25, -0.2) is 4.79 Å². The fraction of sp³-hybridized carbons (Fsp3) is 0.474. The third-order valence-electron chi connectivity index (χ3n) is 4.37. The van der Waals surface area contributed by atoms with Crippen molar-refractivity contribution >= 4 is 23.3 Å². The number of anilines is 1. The number of hydrogen-bond acceptors (Lipinski definition) is 5. The van der Waals surface area contributed by atoms with Crippen molar-refractivity contribution in [3.05, 3.63) is 40.7 Å². The molecule has 0 atom stereocenters. The van der Waals surface area contributed by atoms with Gasteiger partial charge in [0.1, 0.15) is 11.5 Å². The fourth-order valence-corrected chi connectivity index (χ4v) is 3.13. The Bertz CT molecular complexity index is 772. The Morgan fingerprint density at radius 3 is 2.74 bits per heavy atom. The van der Waals surface area contributed by atoms with Crippen LogP contribution in [0.25, 0.3) is 0 Å². The first kappa shape index (κ1) is 19.5. The number of hydrogen-bond donors (Lipinski definition) is 1. The maximum atomic E-state index is 12.6. The third-order valence-corrected chi connectivity index (χ3v) is 4.60. The summed E-state index contributed by atoms with van der Waals surface area (Å²) in [5, 5.41) is 7.51. The summed E-state index contributed by atoms with van der Waals surface area (Å²) in [4.78, 5) is 16.7. The number of rotatable bonds is 6. The molecule has 2 amide bonds. The van der Waals surface area contributed by atoms with E-state index in [0.29, 0.717) is 36.2 Å². The SMILES string of the molecule is CCCOc1ccc(Cl)cc1NC(=O)N1CCN(Cc2cc(C)on2)CC1. The lowest BCUT2D eigenvalue weighted by atomic mass is 10.2. The molecule has 27 heavy (non-hydrogen) atoms. The van der Waals surface area contributed by atoms with Gasteiger partial charge in [-0.15, -0.1) is 0 Å². The maximum Gasteiger partial charge on any atom is 0.322 e. The van der Waals surface area contributed by atoms with Gasteiger partial charge in [0, 0.05) is 43.8 Å². The summed E-state index contributed by atoms with van der Waals surface area (Å²) >= 11 is 6.08. The minimum Gasteiger partial charge on any atom is -0.491 e. The number of nitrogens with one attached hydrogen (secondary N) is 1.